The quantitative estimate of drug-likeness (QED) is 0.823. The Balaban J connectivity index is 2.95. The molecule has 84 valence electrons. The zero-order valence-electron chi connectivity index (χ0n) is 10.2. The zero-order valence-corrected chi connectivity index (χ0v) is 10.2. The first kappa shape index (κ1) is 11.8. The van der Waals surface area contributed by atoms with Gasteiger partial charge in [0.15, 0.2) is 0 Å². The molecule has 0 aliphatic rings. The zero-order chi connectivity index (χ0) is 11.5. The Hall–Kier alpha value is -1.32. The van der Waals surface area contributed by atoms with E-state index < -0.39 is 0 Å². The second kappa shape index (κ2) is 4.47. The summed E-state index contributed by atoms with van der Waals surface area (Å²) in [4.78, 5) is 10.7. The number of nitrogens with one attached hydrogen (secondary N) is 1. The Labute approximate surface area is 91.7 Å². The predicted octanol–water partition coefficient (Wildman–Crippen LogP) is 2.14. The minimum absolute atomic E-state index is 0.110. The normalized spacial score (nSPS) is 11.3. The molecular formula is C11H20N4. The maximum Gasteiger partial charge on any atom is 0.224 e. The number of aromatic nitrogens is 2. The molecule has 0 atom stereocenters. The van der Waals surface area contributed by atoms with Gasteiger partial charge in [-0.25, -0.2) is 4.98 Å². The highest BCUT2D eigenvalue weighted by Gasteiger charge is 2.22. The first-order valence-corrected chi connectivity index (χ1v) is 5.26. The molecule has 15 heavy (non-hydrogen) atoms. The first-order valence-electron chi connectivity index (χ1n) is 5.26. The van der Waals surface area contributed by atoms with E-state index >= 15 is 0 Å². The number of hydrogen-bond donors (Lipinski definition) is 1. The molecule has 1 N–H and O–H groups in total. The van der Waals surface area contributed by atoms with Gasteiger partial charge in [0, 0.05) is 25.8 Å². The van der Waals surface area contributed by atoms with E-state index in [0.717, 1.165) is 12.2 Å². The lowest BCUT2D eigenvalue weighted by Gasteiger charge is -2.35. The second-order valence-electron chi connectivity index (χ2n) is 4.21. The predicted molar refractivity (Wildman–Crippen MR) is 64.4 cm³/mol. The molecule has 1 rings (SSSR count). The van der Waals surface area contributed by atoms with Crippen molar-refractivity contribution in [2.75, 3.05) is 24.3 Å². The Morgan fingerprint density at radius 2 is 2.13 bits per heavy atom. The van der Waals surface area contributed by atoms with Crippen LogP contribution in [0.15, 0.2) is 12.3 Å². The van der Waals surface area contributed by atoms with Crippen molar-refractivity contribution in [1.29, 1.82) is 0 Å². The van der Waals surface area contributed by atoms with Crippen molar-refractivity contribution >= 4 is 11.8 Å². The molecule has 0 bridgehead atoms. The lowest BCUT2D eigenvalue weighted by molar-refractivity contribution is 0.467. The molecule has 0 spiro atoms. The summed E-state index contributed by atoms with van der Waals surface area (Å²) in [6.45, 7) is 6.58. The second-order valence-corrected chi connectivity index (χ2v) is 4.21. The van der Waals surface area contributed by atoms with Crippen LogP contribution in [0.1, 0.15) is 27.2 Å². The van der Waals surface area contributed by atoms with Crippen LogP contribution in [-0.4, -0.2) is 29.6 Å². The summed E-state index contributed by atoms with van der Waals surface area (Å²) in [6, 6.07) is 1.93. The minimum Gasteiger partial charge on any atom is -0.357 e. The highest BCUT2D eigenvalue weighted by Crippen LogP contribution is 2.22. The van der Waals surface area contributed by atoms with Gasteiger partial charge in [-0.3, -0.25) is 0 Å². The number of hydrogen-bond acceptors (Lipinski definition) is 4. The van der Waals surface area contributed by atoms with Crippen molar-refractivity contribution in [3.05, 3.63) is 12.3 Å². The minimum atomic E-state index is 0.110. The van der Waals surface area contributed by atoms with Gasteiger partial charge in [-0.15, -0.1) is 0 Å². The molecule has 1 aromatic rings. The van der Waals surface area contributed by atoms with Crippen LogP contribution in [0.4, 0.5) is 11.8 Å². The molecule has 0 saturated heterocycles. The van der Waals surface area contributed by atoms with Crippen LogP contribution in [0.3, 0.4) is 0 Å². The molecule has 0 fully saturated rings. The van der Waals surface area contributed by atoms with E-state index in [4.69, 9.17) is 0 Å². The summed E-state index contributed by atoms with van der Waals surface area (Å²) in [5, 5.41) is 2.94. The summed E-state index contributed by atoms with van der Waals surface area (Å²) < 4.78 is 0. The molecule has 0 amide bonds. The van der Waals surface area contributed by atoms with Crippen LogP contribution in [0, 0.1) is 0 Å². The van der Waals surface area contributed by atoms with Gasteiger partial charge >= 0.3 is 0 Å². The lowest BCUT2D eigenvalue weighted by atomic mass is 10.0. The van der Waals surface area contributed by atoms with Crippen LogP contribution in [0.2, 0.25) is 0 Å². The first-order chi connectivity index (χ1) is 7.01. The van der Waals surface area contributed by atoms with E-state index in [0.29, 0.717) is 5.95 Å². The van der Waals surface area contributed by atoms with Gasteiger partial charge in [-0.2, -0.15) is 4.98 Å². The van der Waals surface area contributed by atoms with Crippen molar-refractivity contribution in [1.82, 2.24) is 9.97 Å². The summed E-state index contributed by atoms with van der Waals surface area (Å²) in [5.74, 6) is 1.60. The average molecular weight is 208 g/mol. The maximum atomic E-state index is 4.41. The average Bonchev–Trinajstić information content (AvgIpc) is 2.28. The molecule has 0 radical (unpaired) electrons. The maximum absolute atomic E-state index is 4.41. The van der Waals surface area contributed by atoms with Crippen molar-refractivity contribution in [2.24, 2.45) is 0 Å². The number of anilines is 2. The fourth-order valence-corrected chi connectivity index (χ4v) is 1.20. The van der Waals surface area contributed by atoms with Crippen molar-refractivity contribution in [3.8, 4) is 0 Å². The van der Waals surface area contributed by atoms with Crippen LogP contribution in [0.5, 0.6) is 0 Å². The SMILES string of the molecule is CCC(C)(C)N(C)c1ccnc(NC)n1. The van der Waals surface area contributed by atoms with Crippen LogP contribution >= 0.6 is 0 Å². The van der Waals surface area contributed by atoms with E-state index in [9.17, 15) is 0 Å². The standard InChI is InChI=1S/C11H20N4/c1-6-11(2,3)15(5)9-7-8-13-10(12-4)14-9/h7-8H,6H2,1-5H3,(H,12,13,14). The Kier molecular flexibility index (Phi) is 3.50. The third-order valence-corrected chi connectivity index (χ3v) is 2.98. The molecule has 4 nitrogen and oxygen atoms in total. The van der Waals surface area contributed by atoms with Gasteiger partial charge in [-0.1, -0.05) is 6.92 Å². The Morgan fingerprint density at radius 1 is 1.47 bits per heavy atom. The van der Waals surface area contributed by atoms with Gasteiger partial charge in [-0.05, 0) is 26.3 Å². The molecule has 1 heterocycles. The summed E-state index contributed by atoms with van der Waals surface area (Å²) >= 11 is 0. The third-order valence-electron chi connectivity index (χ3n) is 2.98. The van der Waals surface area contributed by atoms with Crippen LogP contribution in [-0.2, 0) is 0 Å². The third kappa shape index (κ3) is 2.58. The monoisotopic (exact) mass is 208 g/mol. The van der Waals surface area contributed by atoms with Gasteiger partial charge in [0.05, 0.1) is 0 Å². The van der Waals surface area contributed by atoms with E-state index in [1.54, 1.807) is 6.20 Å². The number of rotatable bonds is 4. The van der Waals surface area contributed by atoms with Gasteiger partial charge < -0.3 is 10.2 Å². The largest absolute Gasteiger partial charge is 0.357 e. The smallest absolute Gasteiger partial charge is 0.224 e. The highest BCUT2D eigenvalue weighted by molar-refractivity contribution is 5.43. The van der Waals surface area contributed by atoms with E-state index in [2.05, 4.69) is 48.0 Å². The molecule has 0 aliphatic heterocycles. The molecule has 0 aliphatic carbocycles. The molecular weight excluding hydrogens is 188 g/mol. The van der Waals surface area contributed by atoms with Gasteiger partial charge in [0.1, 0.15) is 5.82 Å². The molecule has 1 aromatic heterocycles. The molecule has 0 unspecified atom stereocenters. The fourth-order valence-electron chi connectivity index (χ4n) is 1.20. The molecule has 4 heteroatoms. The highest BCUT2D eigenvalue weighted by atomic mass is 15.2. The van der Waals surface area contributed by atoms with Crippen molar-refractivity contribution < 1.29 is 0 Å². The van der Waals surface area contributed by atoms with E-state index in [1.807, 2.05) is 13.1 Å². The van der Waals surface area contributed by atoms with E-state index in [1.165, 1.54) is 0 Å². The summed E-state index contributed by atoms with van der Waals surface area (Å²) in [6.07, 6.45) is 2.85. The van der Waals surface area contributed by atoms with Crippen LogP contribution < -0.4 is 10.2 Å². The van der Waals surface area contributed by atoms with Crippen LogP contribution in [0.25, 0.3) is 0 Å². The van der Waals surface area contributed by atoms with Gasteiger partial charge in [0.25, 0.3) is 0 Å². The van der Waals surface area contributed by atoms with Crippen molar-refractivity contribution in [2.45, 2.75) is 32.7 Å². The van der Waals surface area contributed by atoms with Gasteiger partial charge in [0.2, 0.25) is 5.95 Å². The number of nitrogens with zero attached hydrogens (tertiary/aromatic N) is 3. The summed E-state index contributed by atoms with van der Waals surface area (Å²) in [7, 11) is 3.88. The molecule has 0 saturated carbocycles. The van der Waals surface area contributed by atoms with E-state index in [-0.39, 0.29) is 5.54 Å². The fraction of sp³-hybridized carbons (Fsp3) is 0.636. The lowest BCUT2D eigenvalue weighted by Crippen LogP contribution is -2.41. The van der Waals surface area contributed by atoms with Crippen molar-refractivity contribution in [3.63, 3.8) is 0 Å². The topological polar surface area (TPSA) is 41.1 Å². The molecule has 0 aromatic carbocycles. The Bertz CT molecular complexity index is 322. The summed E-state index contributed by atoms with van der Waals surface area (Å²) in [5.41, 5.74) is 0.110. The Morgan fingerprint density at radius 3 is 2.67 bits per heavy atom.